The fraction of sp³-hybridized carbons (Fsp3) is 0.240. The van der Waals surface area contributed by atoms with Crippen molar-refractivity contribution in [2.24, 2.45) is 0 Å². The fourth-order valence-electron chi connectivity index (χ4n) is 3.81. The van der Waals surface area contributed by atoms with Gasteiger partial charge < -0.3 is 14.8 Å². The molecule has 0 aliphatic carbocycles. The number of halogens is 3. The average molecular weight is 649 g/mol. The number of morpholine rings is 1. The van der Waals surface area contributed by atoms with Crippen LogP contribution in [0.3, 0.4) is 0 Å². The summed E-state index contributed by atoms with van der Waals surface area (Å²) < 4.78 is 66.7. The third-order valence-electron chi connectivity index (χ3n) is 5.75. The van der Waals surface area contributed by atoms with Crippen molar-refractivity contribution in [2.45, 2.75) is 16.7 Å². The van der Waals surface area contributed by atoms with E-state index in [1.54, 1.807) is 12.1 Å². The van der Waals surface area contributed by atoms with Crippen LogP contribution in [0.4, 0.5) is 11.4 Å². The molecule has 1 aliphatic heterocycles. The summed E-state index contributed by atoms with van der Waals surface area (Å²) >= 11 is 18.6. The number of benzene rings is 3. The smallest absolute Gasteiger partial charge is 0.263 e. The van der Waals surface area contributed by atoms with Gasteiger partial charge in [-0.15, -0.1) is 0 Å². The Hall–Kier alpha value is -2.58. The van der Waals surface area contributed by atoms with Gasteiger partial charge in [-0.25, -0.2) is 16.8 Å². The van der Waals surface area contributed by atoms with Gasteiger partial charge in [0.15, 0.2) is 0 Å². The zero-order chi connectivity index (χ0) is 29.1. The quantitative estimate of drug-likeness (QED) is 0.329. The molecule has 2 N–H and O–H groups in total. The Morgan fingerprint density at radius 2 is 1.52 bits per heavy atom. The molecule has 0 atom stereocenters. The lowest BCUT2D eigenvalue weighted by Crippen LogP contribution is -2.40. The Bertz CT molecular complexity index is 1630. The van der Waals surface area contributed by atoms with Gasteiger partial charge in [-0.1, -0.05) is 34.8 Å². The van der Waals surface area contributed by atoms with Crippen molar-refractivity contribution in [2.75, 3.05) is 42.9 Å². The molecule has 40 heavy (non-hydrogen) atoms. The van der Waals surface area contributed by atoms with Crippen molar-refractivity contribution in [1.82, 2.24) is 4.31 Å². The SMILES string of the molecule is CCOc1ccc(NS(=O)(=O)c2cc(C(=O)Nc3ccc(Cl)c(S(=O)(=O)N4CCOCC4)c3)c(Cl)cc2Cl)cc1. The maximum atomic E-state index is 13.2. The molecule has 0 spiro atoms. The van der Waals surface area contributed by atoms with Crippen LogP contribution < -0.4 is 14.8 Å². The molecule has 0 radical (unpaired) electrons. The Kier molecular flexibility index (Phi) is 9.51. The number of hydrogen-bond donors (Lipinski definition) is 2. The number of nitrogens with one attached hydrogen (secondary N) is 2. The maximum absolute atomic E-state index is 13.2. The molecule has 3 aromatic rings. The number of rotatable bonds is 9. The lowest BCUT2D eigenvalue weighted by atomic mass is 10.2. The van der Waals surface area contributed by atoms with Crippen LogP contribution >= 0.6 is 34.8 Å². The van der Waals surface area contributed by atoms with Gasteiger partial charge in [0.1, 0.15) is 15.5 Å². The average Bonchev–Trinajstić information content (AvgIpc) is 2.91. The van der Waals surface area contributed by atoms with Gasteiger partial charge in [-0.05, 0) is 61.5 Å². The lowest BCUT2D eigenvalue weighted by molar-refractivity contribution is 0.0730. The van der Waals surface area contributed by atoms with Crippen molar-refractivity contribution in [3.05, 3.63) is 75.2 Å². The Balaban J connectivity index is 1.59. The molecular weight excluding hydrogens is 625 g/mol. The highest BCUT2D eigenvalue weighted by Gasteiger charge is 2.29. The molecule has 1 fully saturated rings. The highest BCUT2D eigenvalue weighted by Crippen LogP contribution is 2.32. The first-order chi connectivity index (χ1) is 18.9. The van der Waals surface area contributed by atoms with Crippen LogP contribution in [0.1, 0.15) is 17.3 Å². The van der Waals surface area contributed by atoms with Crippen LogP contribution in [0.15, 0.2) is 64.4 Å². The molecule has 1 amide bonds. The number of anilines is 2. The minimum atomic E-state index is -4.23. The zero-order valence-electron chi connectivity index (χ0n) is 21.0. The summed E-state index contributed by atoms with van der Waals surface area (Å²) in [5.74, 6) is -0.228. The zero-order valence-corrected chi connectivity index (χ0v) is 24.9. The van der Waals surface area contributed by atoms with E-state index in [4.69, 9.17) is 44.3 Å². The van der Waals surface area contributed by atoms with Gasteiger partial charge in [0.2, 0.25) is 10.0 Å². The Morgan fingerprint density at radius 3 is 2.17 bits per heavy atom. The maximum Gasteiger partial charge on any atom is 0.263 e. The summed E-state index contributed by atoms with van der Waals surface area (Å²) in [4.78, 5) is 12.6. The summed E-state index contributed by atoms with van der Waals surface area (Å²) in [6.07, 6.45) is 0. The van der Waals surface area contributed by atoms with E-state index in [1.807, 2.05) is 6.92 Å². The monoisotopic (exact) mass is 647 g/mol. The van der Waals surface area contributed by atoms with Crippen LogP contribution in [0.25, 0.3) is 0 Å². The third-order valence-corrected chi connectivity index (χ3v) is 10.3. The standard InChI is InChI=1S/C25H24Cl3N3O7S2/c1-2-38-18-6-3-16(4-7-18)30-39(33,34)23-14-19(21(27)15-22(23)28)25(32)29-17-5-8-20(26)24(13-17)40(35,36)31-9-11-37-12-10-31/h3-8,13-15,30H,2,9-12H2,1H3,(H,29,32). The van der Waals surface area contributed by atoms with Gasteiger partial charge in [0.25, 0.3) is 15.9 Å². The summed E-state index contributed by atoms with van der Waals surface area (Å²) in [6, 6.07) is 12.4. The largest absolute Gasteiger partial charge is 0.494 e. The van der Waals surface area contributed by atoms with E-state index >= 15 is 0 Å². The molecule has 0 unspecified atom stereocenters. The van der Waals surface area contributed by atoms with E-state index in [1.165, 1.54) is 34.6 Å². The number of hydrogen-bond acceptors (Lipinski definition) is 7. The summed E-state index contributed by atoms with van der Waals surface area (Å²) in [5.41, 5.74) is 0.144. The fourth-order valence-corrected chi connectivity index (χ4v) is 7.64. The summed E-state index contributed by atoms with van der Waals surface area (Å²) in [7, 11) is -8.19. The van der Waals surface area contributed by atoms with Gasteiger partial charge in [-0.3, -0.25) is 9.52 Å². The number of nitrogens with zero attached hydrogens (tertiary/aromatic N) is 1. The van der Waals surface area contributed by atoms with Crippen LogP contribution in [0.5, 0.6) is 5.75 Å². The Morgan fingerprint density at radius 1 is 0.875 bits per heavy atom. The van der Waals surface area contributed by atoms with Gasteiger partial charge >= 0.3 is 0 Å². The molecule has 10 nitrogen and oxygen atoms in total. The van der Waals surface area contributed by atoms with Gasteiger partial charge in [0, 0.05) is 24.5 Å². The molecule has 1 aliphatic rings. The van der Waals surface area contributed by atoms with E-state index in [0.717, 1.165) is 12.1 Å². The van der Waals surface area contributed by atoms with Crippen LogP contribution in [-0.2, 0) is 24.8 Å². The van der Waals surface area contributed by atoms with E-state index in [9.17, 15) is 21.6 Å². The lowest BCUT2D eigenvalue weighted by Gasteiger charge is -2.26. The summed E-state index contributed by atoms with van der Waals surface area (Å²) in [5, 5.41) is 2.20. The first-order valence-electron chi connectivity index (χ1n) is 11.9. The van der Waals surface area contributed by atoms with Crippen molar-refractivity contribution in [3.8, 4) is 5.75 Å². The first kappa shape index (κ1) is 30.4. The van der Waals surface area contributed by atoms with Gasteiger partial charge in [0.05, 0.1) is 40.5 Å². The normalized spacial score (nSPS) is 14.5. The number of carbonyl (C=O) groups is 1. The molecule has 0 saturated carbocycles. The van der Waals surface area contributed by atoms with E-state index in [2.05, 4.69) is 10.0 Å². The first-order valence-corrected chi connectivity index (χ1v) is 15.9. The molecule has 0 aromatic heterocycles. The molecule has 3 aromatic carbocycles. The second-order valence-corrected chi connectivity index (χ2v) is 13.2. The molecule has 214 valence electrons. The Labute approximate surface area is 247 Å². The van der Waals surface area contributed by atoms with E-state index < -0.39 is 26.0 Å². The van der Waals surface area contributed by atoms with Crippen molar-refractivity contribution in [1.29, 1.82) is 0 Å². The predicted octanol–water partition coefficient (Wildman–Crippen LogP) is 5.12. The van der Waals surface area contributed by atoms with Crippen LogP contribution in [-0.4, -0.2) is 60.0 Å². The molecule has 15 heteroatoms. The van der Waals surface area contributed by atoms with Crippen LogP contribution in [0.2, 0.25) is 15.1 Å². The molecule has 0 bridgehead atoms. The highest BCUT2D eigenvalue weighted by atomic mass is 35.5. The minimum Gasteiger partial charge on any atom is -0.494 e. The topological polar surface area (TPSA) is 131 Å². The van der Waals surface area contributed by atoms with Gasteiger partial charge in [-0.2, -0.15) is 4.31 Å². The molecule has 1 saturated heterocycles. The predicted molar refractivity (Wildman–Crippen MR) is 154 cm³/mol. The van der Waals surface area contributed by atoms with Crippen molar-refractivity contribution >= 4 is 72.1 Å². The van der Waals surface area contributed by atoms with Crippen LogP contribution in [0, 0.1) is 0 Å². The highest BCUT2D eigenvalue weighted by molar-refractivity contribution is 7.92. The molecule has 4 rings (SSSR count). The number of amides is 1. The van der Waals surface area contributed by atoms with Crippen molar-refractivity contribution < 1.29 is 31.1 Å². The number of ether oxygens (including phenoxy) is 2. The second-order valence-electron chi connectivity index (χ2n) is 8.44. The third kappa shape index (κ3) is 6.82. The minimum absolute atomic E-state index is 0.0252. The second kappa shape index (κ2) is 12.5. The number of carbonyl (C=O) groups excluding carboxylic acids is 1. The van der Waals surface area contributed by atoms with E-state index in [-0.39, 0.29) is 68.1 Å². The van der Waals surface area contributed by atoms with Crippen molar-refractivity contribution in [3.63, 3.8) is 0 Å². The molecular formula is C25H24Cl3N3O7S2. The molecule has 1 heterocycles. The summed E-state index contributed by atoms with van der Waals surface area (Å²) in [6.45, 7) is 3.11. The van der Waals surface area contributed by atoms with E-state index in [0.29, 0.717) is 12.4 Å². The number of sulfonamides is 2.